The van der Waals surface area contributed by atoms with Crippen molar-refractivity contribution in [1.82, 2.24) is 0 Å². The molecule has 0 amide bonds. The fourth-order valence-corrected chi connectivity index (χ4v) is 13.3. The summed E-state index contributed by atoms with van der Waals surface area (Å²) in [4.78, 5) is 0. The van der Waals surface area contributed by atoms with Gasteiger partial charge in [0.2, 0.25) is 0 Å². The van der Waals surface area contributed by atoms with Gasteiger partial charge in [-0.15, -0.1) is 0 Å². The highest BCUT2D eigenvalue weighted by Gasteiger charge is 2.39. The summed E-state index contributed by atoms with van der Waals surface area (Å²) in [5, 5.41) is 5.87. The van der Waals surface area contributed by atoms with Crippen LogP contribution in [0.15, 0.2) is 16.7 Å². The first-order chi connectivity index (χ1) is 29.3. The van der Waals surface area contributed by atoms with E-state index in [1.807, 2.05) is 0 Å². The predicted molar refractivity (Wildman–Crippen MR) is 279 cm³/mol. The highest BCUT2D eigenvalue weighted by Crippen LogP contribution is 2.59. The summed E-state index contributed by atoms with van der Waals surface area (Å²) in [6, 6.07) is 0. The molecule has 0 nitrogen and oxygen atoms in total. The highest BCUT2D eigenvalue weighted by atomic mass is 14.4. The normalized spacial score (nSPS) is 16.4. The van der Waals surface area contributed by atoms with Crippen molar-refractivity contribution in [1.29, 1.82) is 0 Å². The molecule has 0 spiro atoms. The second kappa shape index (κ2) is 14.9. The molecule has 6 aromatic carbocycles. The zero-order valence-corrected chi connectivity index (χ0v) is 43.9. The minimum Gasteiger partial charge on any atom is -0.0620 e. The van der Waals surface area contributed by atoms with Crippen LogP contribution in [0.25, 0.3) is 49.4 Å². The van der Waals surface area contributed by atoms with E-state index in [2.05, 4.69) is 166 Å². The van der Waals surface area contributed by atoms with Gasteiger partial charge in [-0.05, 0) is 366 Å². The molecule has 2 unspecified atom stereocenters. The van der Waals surface area contributed by atoms with E-state index in [0.717, 1.165) is 6.42 Å². The quantitative estimate of drug-likeness (QED) is 0.156. The molecule has 63 heavy (non-hydrogen) atoms. The van der Waals surface area contributed by atoms with E-state index in [9.17, 15) is 0 Å². The lowest BCUT2D eigenvalue weighted by atomic mass is 9.64. The van der Waals surface area contributed by atoms with Crippen LogP contribution in [-0.4, -0.2) is 0 Å². The fourth-order valence-electron chi connectivity index (χ4n) is 13.3. The maximum atomic E-state index is 2.58. The summed E-state index contributed by atoms with van der Waals surface area (Å²) in [5.74, 6) is 0.552. The van der Waals surface area contributed by atoms with Gasteiger partial charge in [0.05, 0.1) is 0 Å². The van der Waals surface area contributed by atoms with Crippen molar-refractivity contribution < 1.29 is 0 Å². The van der Waals surface area contributed by atoms with E-state index < -0.39 is 0 Å². The number of benzene rings is 6. The molecule has 8 rings (SSSR count). The van der Waals surface area contributed by atoms with Crippen molar-refractivity contribution in [2.75, 3.05) is 0 Å². The molecule has 2 aliphatic carbocycles. The summed E-state index contributed by atoms with van der Waals surface area (Å²) in [6.07, 6.45) is 1.01. The van der Waals surface area contributed by atoms with Gasteiger partial charge in [0.1, 0.15) is 0 Å². The van der Waals surface area contributed by atoms with Crippen molar-refractivity contribution in [3.8, 4) is 22.3 Å². The molecular formula is C63H76. The summed E-state index contributed by atoms with van der Waals surface area (Å²) in [7, 11) is 0. The lowest BCUT2D eigenvalue weighted by Crippen LogP contribution is -2.23. The Kier molecular flexibility index (Phi) is 10.6. The molecule has 0 radical (unpaired) electrons. The zero-order chi connectivity index (χ0) is 46.6. The molecule has 0 N–H and O–H groups in total. The van der Waals surface area contributed by atoms with Gasteiger partial charge >= 0.3 is 0 Å². The largest absolute Gasteiger partial charge is 0.0620 e. The summed E-state index contributed by atoms with van der Waals surface area (Å²) >= 11 is 0. The molecule has 328 valence electrons. The van der Waals surface area contributed by atoms with E-state index in [0.29, 0.717) is 0 Å². The maximum Gasteiger partial charge on any atom is 0.0123 e. The predicted octanol–water partition coefficient (Wildman–Crippen LogP) is 17.9. The average Bonchev–Trinajstić information content (AvgIpc) is 3.66. The van der Waals surface area contributed by atoms with Crippen LogP contribution in [0.4, 0.5) is 0 Å². The Balaban J connectivity index is 1.68. The standard InChI is InChI=1S/C63H76/c1-26-28(3)39(14)52(40(15)29(26)4)53-41(16)36(11)42(17)54(49(53)24)62-56-44(19)31(6)33(8)46(21)58(56)63(59-47(22)34(9)32(7)45(20)57(59)62)60-48(23)35(10)38(13)51-25-50-37(12)27(2)30(5)43(18)55(50)61(51)60/h49,53H,25H2,1-24H3. The summed E-state index contributed by atoms with van der Waals surface area (Å²) in [5.41, 5.74) is 46.9. The number of rotatable bonds is 3. The number of allylic oxidation sites excluding steroid dienone is 4. The minimum atomic E-state index is 0.267. The van der Waals surface area contributed by atoms with Crippen molar-refractivity contribution in [2.45, 2.75) is 179 Å². The zero-order valence-electron chi connectivity index (χ0n) is 43.9. The van der Waals surface area contributed by atoms with E-state index in [1.54, 1.807) is 11.1 Å². The maximum absolute atomic E-state index is 2.58. The van der Waals surface area contributed by atoms with Crippen LogP contribution in [-0.2, 0) is 6.42 Å². The molecular weight excluding hydrogens is 757 g/mol. The van der Waals surface area contributed by atoms with E-state index >= 15 is 0 Å². The van der Waals surface area contributed by atoms with Crippen LogP contribution in [0.2, 0.25) is 0 Å². The molecule has 0 bridgehead atoms. The van der Waals surface area contributed by atoms with Crippen molar-refractivity contribution >= 4 is 27.1 Å². The third kappa shape index (κ3) is 5.71. The molecule has 2 atom stereocenters. The van der Waals surface area contributed by atoms with Gasteiger partial charge in [-0.1, -0.05) is 12.5 Å². The van der Waals surface area contributed by atoms with Crippen LogP contribution in [0.1, 0.15) is 167 Å². The Morgan fingerprint density at radius 3 is 1.03 bits per heavy atom. The molecule has 0 aromatic heterocycles. The second-order valence-corrected chi connectivity index (χ2v) is 21.0. The SMILES string of the molecule is CC1=C(c2c3c(C)c(C)c(C)c(C)c3c(-c3c(C)c(C)c(C)c4c3-c3c(C)c(C)c(C)c(C)c3C4)c3c(C)c(C)c(C)c(C)c23)C(C)C(c2c(C)c(C)c(C)c(C)c2C)C(C)=C1C. The Labute approximate surface area is 382 Å². The monoisotopic (exact) mass is 833 g/mol. The molecule has 0 heterocycles. The summed E-state index contributed by atoms with van der Waals surface area (Å²) < 4.78 is 0. The Hall–Kier alpha value is -4.68. The Morgan fingerprint density at radius 2 is 0.587 bits per heavy atom. The number of hydrogen-bond donors (Lipinski definition) is 0. The van der Waals surface area contributed by atoms with Crippen LogP contribution in [0, 0.1) is 144 Å². The van der Waals surface area contributed by atoms with Gasteiger partial charge in [-0.2, -0.15) is 0 Å². The first-order valence-corrected chi connectivity index (χ1v) is 24.0. The lowest BCUT2D eigenvalue weighted by Gasteiger charge is -2.39. The number of fused-ring (bicyclic) bond motifs is 5. The topological polar surface area (TPSA) is 0 Å². The number of aryl methyl sites for hydroxylation is 4. The molecule has 0 saturated carbocycles. The molecule has 0 heteroatoms. The molecule has 0 fully saturated rings. The van der Waals surface area contributed by atoms with Crippen LogP contribution >= 0.6 is 0 Å². The molecule has 0 aliphatic heterocycles. The highest BCUT2D eigenvalue weighted by molar-refractivity contribution is 6.25. The third-order valence-corrected chi connectivity index (χ3v) is 19.2. The van der Waals surface area contributed by atoms with Gasteiger partial charge in [-0.25, -0.2) is 0 Å². The lowest BCUT2D eigenvalue weighted by molar-refractivity contribution is 0.605. The smallest absolute Gasteiger partial charge is 0.0123 e. The van der Waals surface area contributed by atoms with Crippen molar-refractivity contribution in [3.05, 3.63) is 150 Å². The Bertz CT molecular complexity index is 3080. The molecule has 0 saturated heterocycles. The van der Waals surface area contributed by atoms with Gasteiger partial charge in [0.25, 0.3) is 0 Å². The van der Waals surface area contributed by atoms with Gasteiger partial charge < -0.3 is 0 Å². The first kappa shape index (κ1) is 44.9. The molecule has 2 aliphatic rings. The van der Waals surface area contributed by atoms with Crippen LogP contribution in [0.5, 0.6) is 0 Å². The fraction of sp³-hybridized carbons (Fsp3) is 0.429. The van der Waals surface area contributed by atoms with E-state index in [1.165, 1.54) is 188 Å². The van der Waals surface area contributed by atoms with E-state index in [4.69, 9.17) is 0 Å². The van der Waals surface area contributed by atoms with Gasteiger partial charge in [-0.3, -0.25) is 0 Å². The molecule has 6 aromatic rings. The van der Waals surface area contributed by atoms with Crippen molar-refractivity contribution in [2.24, 2.45) is 5.92 Å². The summed E-state index contributed by atoms with van der Waals surface area (Å²) in [6.45, 7) is 57.9. The van der Waals surface area contributed by atoms with Gasteiger partial charge in [0, 0.05) is 5.92 Å². The number of hydrogen-bond acceptors (Lipinski definition) is 0. The Morgan fingerprint density at radius 1 is 0.270 bits per heavy atom. The van der Waals surface area contributed by atoms with Crippen molar-refractivity contribution in [3.63, 3.8) is 0 Å². The van der Waals surface area contributed by atoms with Crippen LogP contribution < -0.4 is 0 Å². The second-order valence-electron chi connectivity index (χ2n) is 21.0. The average molecular weight is 833 g/mol. The van der Waals surface area contributed by atoms with Gasteiger partial charge in [0.15, 0.2) is 0 Å². The minimum absolute atomic E-state index is 0.267. The third-order valence-electron chi connectivity index (χ3n) is 19.2. The van der Waals surface area contributed by atoms with E-state index in [-0.39, 0.29) is 11.8 Å². The first-order valence-electron chi connectivity index (χ1n) is 24.0. The van der Waals surface area contributed by atoms with Crippen LogP contribution in [0.3, 0.4) is 0 Å².